The Bertz CT molecular complexity index is 1550. The van der Waals surface area contributed by atoms with Crippen LogP contribution < -0.4 is 4.90 Å². The van der Waals surface area contributed by atoms with E-state index in [1.165, 1.54) is 28.0 Å². The molecule has 2 saturated heterocycles. The Kier molecular flexibility index (Phi) is 6.30. The van der Waals surface area contributed by atoms with E-state index < -0.39 is 0 Å². The molecule has 0 bridgehead atoms. The molecule has 0 spiro atoms. The molecule has 7 heteroatoms. The number of carbonyl (C=O) groups is 2. The Labute approximate surface area is 232 Å². The number of imide groups is 1. The molecule has 4 aromatic rings. The molecular weight excluding hydrogens is 504 g/mol. The Hall–Kier alpha value is -3.39. The molecule has 0 saturated carbocycles. The number of nitrogens with zero attached hydrogens (tertiary/aromatic N) is 4. The molecule has 6 nitrogen and oxygen atoms in total. The van der Waals surface area contributed by atoms with E-state index in [0.717, 1.165) is 59.8 Å². The van der Waals surface area contributed by atoms with Crippen LogP contribution in [0, 0.1) is 6.92 Å². The Morgan fingerprint density at radius 3 is 2.38 bits per heavy atom. The van der Waals surface area contributed by atoms with Gasteiger partial charge in [0, 0.05) is 37.8 Å². The normalized spacial score (nSPS) is 22.5. The van der Waals surface area contributed by atoms with E-state index in [0.29, 0.717) is 11.7 Å². The zero-order chi connectivity index (χ0) is 26.5. The zero-order valence-corrected chi connectivity index (χ0v) is 23.0. The highest BCUT2D eigenvalue weighted by atomic mass is 32.1. The van der Waals surface area contributed by atoms with Crippen LogP contribution in [0.3, 0.4) is 0 Å². The van der Waals surface area contributed by atoms with E-state index in [4.69, 9.17) is 4.98 Å². The standard InChI is InChI=1S/C32H32N4O2S/c1-21-6-13-27-29(18-21)39-31(33-27)23-8-10-25(11-9-23)36-30(37)20-28(32(36)38)35-16-14-34(15-17-35)26-12-7-22-4-2-3-5-24(22)19-26/h2-6,8-11,13,18,26,28H,7,12,14-17,19-20H2,1H3. The fourth-order valence-electron chi connectivity index (χ4n) is 6.49. The van der Waals surface area contributed by atoms with Gasteiger partial charge in [0.15, 0.2) is 0 Å². The molecule has 2 aliphatic heterocycles. The van der Waals surface area contributed by atoms with Gasteiger partial charge in [-0.3, -0.25) is 19.4 Å². The average molecular weight is 537 g/mol. The molecule has 198 valence electrons. The predicted octanol–water partition coefficient (Wildman–Crippen LogP) is 5.08. The van der Waals surface area contributed by atoms with Gasteiger partial charge in [0.2, 0.25) is 5.91 Å². The summed E-state index contributed by atoms with van der Waals surface area (Å²) < 4.78 is 1.16. The molecule has 3 heterocycles. The van der Waals surface area contributed by atoms with Crippen molar-refractivity contribution >= 4 is 39.1 Å². The Balaban J connectivity index is 1.01. The van der Waals surface area contributed by atoms with Crippen molar-refractivity contribution in [3.8, 4) is 10.6 Å². The average Bonchev–Trinajstić information content (AvgIpc) is 3.52. The summed E-state index contributed by atoms with van der Waals surface area (Å²) in [4.78, 5) is 37.5. The van der Waals surface area contributed by atoms with Crippen LogP contribution in [0.1, 0.15) is 29.5 Å². The first-order valence-electron chi connectivity index (χ1n) is 13.9. The van der Waals surface area contributed by atoms with Crippen molar-refractivity contribution < 1.29 is 9.59 Å². The Morgan fingerprint density at radius 1 is 0.846 bits per heavy atom. The summed E-state index contributed by atoms with van der Waals surface area (Å²) in [6.07, 6.45) is 3.70. The number of aromatic nitrogens is 1. The molecule has 1 aliphatic carbocycles. The second kappa shape index (κ2) is 9.97. The van der Waals surface area contributed by atoms with Gasteiger partial charge in [-0.25, -0.2) is 9.88 Å². The van der Waals surface area contributed by atoms with E-state index in [2.05, 4.69) is 59.2 Å². The highest BCUT2D eigenvalue weighted by molar-refractivity contribution is 7.21. The molecule has 2 atom stereocenters. The van der Waals surface area contributed by atoms with Gasteiger partial charge in [0.05, 0.1) is 28.4 Å². The minimum Gasteiger partial charge on any atom is -0.298 e. The van der Waals surface area contributed by atoms with Crippen LogP contribution in [0.25, 0.3) is 20.8 Å². The van der Waals surface area contributed by atoms with E-state index in [1.807, 2.05) is 24.3 Å². The predicted molar refractivity (Wildman–Crippen MR) is 156 cm³/mol. The lowest BCUT2D eigenvalue weighted by Gasteiger charge is -2.42. The fraction of sp³-hybridized carbons (Fsp3) is 0.344. The van der Waals surface area contributed by atoms with Crippen LogP contribution in [-0.4, -0.2) is 64.9 Å². The first-order chi connectivity index (χ1) is 19.0. The minimum absolute atomic E-state index is 0.0942. The van der Waals surface area contributed by atoms with Crippen LogP contribution in [0.2, 0.25) is 0 Å². The molecule has 3 aromatic carbocycles. The lowest BCUT2D eigenvalue weighted by atomic mass is 9.87. The number of hydrogen-bond donors (Lipinski definition) is 0. The maximum Gasteiger partial charge on any atom is 0.251 e. The van der Waals surface area contributed by atoms with Crippen molar-refractivity contribution in [2.75, 3.05) is 31.1 Å². The van der Waals surface area contributed by atoms with Gasteiger partial charge in [-0.05, 0) is 79.3 Å². The summed E-state index contributed by atoms with van der Waals surface area (Å²) in [6, 6.07) is 23.0. The summed E-state index contributed by atoms with van der Waals surface area (Å²) in [5, 5.41) is 0.943. The number of carbonyl (C=O) groups excluding carboxylic acids is 2. The topological polar surface area (TPSA) is 56.8 Å². The first kappa shape index (κ1) is 24.6. The van der Waals surface area contributed by atoms with E-state index in [9.17, 15) is 9.59 Å². The molecular formula is C32H32N4O2S. The van der Waals surface area contributed by atoms with Crippen molar-refractivity contribution in [1.29, 1.82) is 0 Å². The van der Waals surface area contributed by atoms with Crippen LogP contribution in [0.15, 0.2) is 66.7 Å². The summed E-state index contributed by atoms with van der Waals surface area (Å²) in [5.41, 5.74) is 6.82. The zero-order valence-electron chi connectivity index (χ0n) is 22.2. The van der Waals surface area contributed by atoms with Gasteiger partial charge in [-0.1, -0.05) is 30.3 Å². The van der Waals surface area contributed by atoms with Gasteiger partial charge in [-0.2, -0.15) is 0 Å². The highest BCUT2D eigenvalue weighted by Crippen LogP contribution is 2.33. The van der Waals surface area contributed by atoms with Gasteiger partial charge in [0.1, 0.15) is 5.01 Å². The summed E-state index contributed by atoms with van der Waals surface area (Å²) in [7, 11) is 0. The van der Waals surface area contributed by atoms with Crippen LogP contribution in [0.4, 0.5) is 5.69 Å². The number of fused-ring (bicyclic) bond motifs is 2. The quantitative estimate of drug-likeness (QED) is 0.341. The summed E-state index contributed by atoms with van der Waals surface area (Å²) >= 11 is 1.66. The third kappa shape index (κ3) is 4.58. The highest BCUT2D eigenvalue weighted by Gasteiger charge is 2.43. The molecule has 2 unspecified atom stereocenters. The second-order valence-corrected chi connectivity index (χ2v) is 12.1. The number of rotatable bonds is 4. The lowest BCUT2D eigenvalue weighted by molar-refractivity contribution is -0.123. The fourth-order valence-corrected chi connectivity index (χ4v) is 7.55. The van der Waals surface area contributed by atoms with Crippen molar-refractivity contribution in [2.24, 2.45) is 0 Å². The van der Waals surface area contributed by atoms with Crippen LogP contribution in [-0.2, 0) is 22.4 Å². The molecule has 2 amide bonds. The largest absolute Gasteiger partial charge is 0.298 e. The minimum atomic E-state index is -0.362. The number of hydrogen-bond acceptors (Lipinski definition) is 6. The number of amides is 2. The monoisotopic (exact) mass is 536 g/mol. The molecule has 39 heavy (non-hydrogen) atoms. The van der Waals surface area contributed by atoms with Gasteiger partial charge in [-0.15, -0.1) is 11.3 Å². The number of benzene rings is 3. The number of aryl methyl sites for hydroxylation is 2. The molecule has 3 aliphatic rings. The van der Waals surface area contributed by atoms with Crippen molar-refractivity contribution in [3.05, 3.63) is 83.4 Å². The Morgan fingerprint density at radius 2 is 1.59 bits per heavy atom. The third-order valence-electron chi connectivity index (χ3n) is 8.67. The summed E-state index contributed by atoms with van der Waals surface area (Å²) in [6.45, 7) is 5.63. The van der Waals surface area contributed by atoms with Crippen LogP contribution >= 0.6 is 11.3 Å². The smallest absolute Gasteiger partial charge is 0.251 e. The van der Waals surface area contributed by atoms with E-state index >= 15 is 0 Å². The molecule has 2 fully saturated rings. The maximum atomic E-state index is 13.5. The maximum absolute atomic E-state index is 13.5. The van der Waals surface area contributed by atoms with Crippen molar-refractivity contribution in [2.45, 2.75) is 44.7 Å². The number of thiazole rings is 1. The summed E-state index contributed by atoms with van der Waals surface area (Å²) in [5.74, 6) is -0.206. The lowest BCUT2D eigenvalue weighted by Crippen LogP contribution is -2.55. The van der Waals surface area contributed by atoms with E-state index in [1.54, 1.807) is 11.3 Å². The molecule has 0 N–H and O–H groups in total. The molecule has 7 rings (SSSR count). The molecule has 0 radical (unpaired) electrons. The van der Waals surface area contributed by atoms with Crippen LogP contribution in [0.5, 0.6) is 0 Å². The third-order valence-corrected chi connectivity index (χ3v) is 9.73. The second-order valence-electron chi connectivity index (χ2n) is 11.1. The first-order valence-corrected chi connectivity index (χ1v) is 14.7. The number of piperazine rings is 1. The van der Waals surface area contributed by atoms with Gasteiger partial charge < -0.3 is 0 Å². The number of anilines is 1. The SMILES string of the molecule is Cc1ccc2nc(-c3ccc(N4C(=O)CC(N5CCN(C6CCc7ccccc7C6)CC5)C4=O)cc3)sc2c1. The molecule has 1 aromatic heterocycles. The van der Waals surface area contributed by atoms with Crippen molar-refractivity contribution in [3.63, 3.8) is 0 Å². The van der Waals surface area contributed by atoms with Crippen molar-refractivity contribution in [1.82, 2.24) is 14.8 Å². The van der Waals surface area contributed by atoms with E-state index in [-0.39, 0.29) is 24.3 Å². The van der Waals surface area contributed by atoms with Gasteiger partial charge in [0.25, 0.3) is 5.91 Å². The van der Waals surface area contributed by atoms with Gasteiger partial charge >= 0.3 is 0 Å².